The SMILES string of the molecule is CCCCC(O)C1(CC)CCC1. The number of rotatable bonds is 5. The van der Waals surface area contributed by atoms with E-state index in [2.05, 4.69) is 13.8 Å². The molecule has 12 heavy (non-hydrogen) atoms. The summed E-state index contributed by atoms with van der Waals surface area (Å²) < 4.78 is 0. The molecule has 1 heteroatoms. The molecule has 0 amide bonds. The molecule has 1 saturated carbocycles. The average molecular weight is 170 g/mol. The summed E-state index contributed by atoms with van der Waals surface area (Å²) in [4.78, 5) is 0. The summed E-state index contributed by atoms with van der Waals surface area (Å²) >= 11 is 0. The molecular formula is C11H22O. The van der Waals surface area contributed by atoms with Crippen molar-refractivity contribution in [2.45, 2.75) is 64.9 Å². The van der Waals surface area contributed by atoms with Crippen molar-refractivity contribution < 1.29 is 5.11 Å². The van der Waals surface area contributed by atoms with Crippen LogP contribution >= 0.6 is 0 Å². The highest BCUT2D eigenvalue weighted by Gasteiger charge is 2.40. The zero-order valence-corrected chi connectivity index (χ0v) is 8.47. The van der Waals surface area contributed by atoms with Crippen LogP contribution in [0.1, 0.15) is 58.8 Å². The van der Waals surface area contributed by atoms with Gasteiger partial charge in [-0.15, -0.1) is 0 Å². The third kappa shape index (κ3) is 1.82. The molecule has 72 valence electrons. The van der Waals surface area contributed by atoms with Crippen molar-refractivity contribution in [3.8, 4) is 0 Å². The molecule has 0 heterocycles. The van der Waals surface area contributed by atoms with Crippen molar-refractivity contribution in [2.24, 2.45) is 5.41 Å². The van der Waals surface area contributed by atoms with Gasteiger partial charge >= 0.3 is 0 Å². The van der Waals surface area contributed by atoms with Gasteiger partial charge in [0.05, 0.1) is 6.10 Å². The third-order valence-corrected chi connectivity index (χ3v) is 3.59. The van der Waals surface area contributed by atoms with Gasteiger partial charge in [0.25, 0.3) is 0 Å². The van der Waals surface area contributed by atoms with Crippen LogP contribution in [0.3, 0.4) is 0 Å². The van der Waals surface area contributed by atoms with Crippen LogP contribution in [-0.4, -0.2) is 11.2 Å². The summed E-state index contributed by atoms with van der Waals surface area (Å²) in [6.45, 7) is 4.40. The summed E-state index contributed by atoms with van der Waals surface area (Å²) in [7, 11) is 0. The first-order chi connectivity index (χ1) is 5.75. The monoisotopic (exact) mass is 170 g/mol. The molecule has 0 aromatic rings. The number of aliphatic hydroxyl groups excluding tert-OH is 1. The molecule has 0 aromatic heterocycles. The maximum atomic E-state index is 9.95. The Morgan fingerprint density at radius 1 is 1.33 bits per heavy atom. The Morgan fingerprint density at radius 2 is 2.00 bits per heavy atom. The first kappa shape index (κ1) is 10.0. The van der Waals surface area contributed by atoms with Crippen LogP contribution in [-0.2, 0) is 0 Å². The van der Waals surface area contributed by atoms with Crippen molar-refractivity contribution in [1.29, 1.82) is 0 Å². The summed E-state index contributed by atoms with van der Waals surface area (Å²) in [5.41, 5.74) is 0.329. The second-order valence-corrected chi connectivity index (χ2v) is 4.23. The van der Waals surface area contributed by atoms with Gasteiger partial charge in [-0.1, -0.05) is 33.1 Å². The van der Waals surface area contributed by atoms with Gasteiger partial charge in [-0.3, -0.25) is 0 Å². The van der Waals surface area contributed by atoms with E-state index in [0.717, 1.165) is 12.8 Å². The molecule has 1 aliphatic rings. The predicted molar refractivity (Wildman–Crippen MR) is 52.1 cm³/mol. The van der Waals surface area contributed by atoms with Gasteiger partial charge in [-0.05, 0) is 31.1 Å². The van der Waals surface area contributed by atoms with E-state index in [1.54, 1.807) is 0 Å². The maximum Gasteiger partial charge on any atom is 0.0596 e. The van der Waals surface area contributed by atoms with Crippen LogP contribution < -0.4 is 0 Å². The zero-order valence-electron chi connectivity index (χ0n) is 8.47. The van der Waals surface area contributed by atoms with Gasteiger partial charge < -0.3 is 5.11 Å². The minimum atomic E-state index is -0.0174. The Morgan fingerprint density at radius 3 is 2.33 bits per heavy atom. The molecule has 0 radical (unpaired) electrons. The molecule has 1 rings (SSSR count). The standard InChI is InChI=1S/C11H22O/c1-3-5-7-10(12)11(4-2)8-6-9-11/h10,12H,3-9H2,1-2H3. The molecule has 1 fully saturated rings. The van der Waals surface area contributed by atoms with E-state index in [1.165, 1.54) is 32.1 Å². The largest absolute Gasteiger partial charge is 0.393 e. The summed E-state index contributed by atoms with van der Waals surface area (Å²) in [5, 5.41) is 9.95. The Kier molecular flexibility index (Phi) is 3.57. The van der Waals surface area contributed by atoms with Gasteiger partial charge in [0, 0.05) is 0 Å². The lowest BCUT2D eigenvalue weighted by Gasteiger charge is -2.45. The lowest BCUT2D eigenvalue weighted by molar-refractivity contribution is -0.0429. The maximum absolute atomic E-state index is 9.95. The summed E-state index contributed by atoms with van der Waals surface area (Å²) in [6.07, 6.45) is 8.40. The van der Waals surface area contributed by atoms with Gasteiger partial charge in [-0.2, -0.15) is 0 Å². The highest BCUT2D eigenvalue weighted by atomic mass is 16.3. The number of hydrogen-bond donors (Lipinski definition) is 1. The van der Waals surface area contributed by atoms with E-state index in [1.807, 2.05) is 0 Å². The second-order valence-electron chi connectivity index (χ2n) is 4.23. The highest BCUT2D eigenvalue weighted by molar-refractivity contribution is 4.92. The van der Waals surface area contributed by atoms with Crippen LogP contribution in [0.2, 0.25) is 0 Å². The molecule has 0 bridgehead atoms. The van der Waals surface area contributed by atoms with E-state index in [4.69, 9.17) is 0 Å². The minimum absolute atomic E-state index is 0.0174. The van der Waals surface area contributed by atoms with E-state index >= 15 is 0 Å². The molecule has 0 aromatic carbocycles. The fourth-order valence-electron chi connectivity index (χ4n) is 2.26. The topological polar surface area (TPSA) is 20.2 Å². The van der Waals surface area contributed by atoms with Crippen LogP contribution in [0, 0.1) is 5.41 Å². The van der Waals surface area contributed by atoms with Gasteiger partial charge in [0.2, 0.25) is 0 Å². The van der Waals surface area contributed by atoms with E-state index in [-0.39, 0.29) is 6.10 Å². The van der Waals surface area contributed by atoms with Gasteiger partial charge in [0.15, 0.2) is 0 Å². The summed E-state index contributed by atoms with van der Waals surface area (Å²) in [6, 6.07) is 0. The fourth-order valence-corrected chi connectivity index (χ4v) is 2.26. The minimum Gasteiger partial charge on any atom is -0.393 e. The van der Waals surface area contributed by atoms with Crippen molar-refractivity contribution in [3.05, 3.63) is 0 Å². The van der Waals surface area contributed by atoms with Crippen molar-refractivity contribution in [2.75, 3.05) is 0 Å². The lowest BCUT2D eigenvalue weighted by atomic mass is 9.62. The molecule has 1 N–H and O–H groups in total. The molecule has 1 unspecified atom stereocenters. The first-order valence-electron chi connectivity index (χ1n) is 5.43. The van der Waals surface area contributed by atoms with Crippen LogP contribution in [0.15, 0.2) is 0 Å². The van der Waals surface area contributed by atoms with Crippen molar-refractivity contribution in [1.82, 2.24) is 0 Å². The zero-order chi connectivity index (χ0) is 9.03. The quantitative estimate of drug-likeness (QED) is 0.672. The Balaban J connectivity index is 2.32. The molecule has 1 nitrogen and oxygen atoms in total. The normalized spacial score (nSPS) is 23.2. The summed E-state index contributed by atoms with van der Waals surface area (Å²) in [5.74, 6) is 0. The Bertz CT molecular complexity index is 121. The highest BCUT2D eigenvalue weighted by Crippen LogP contribution is 2.47. The van der Waals surface area contributed by atoms with Crippen molar-refractivity contribution >= 4 is 0 Å². The predicted octanol–water partition coefficient (Wildman–Crippen LogP) is 3.12. The first-order valence-corrected chi connectivity index (χ1v) is 5.43. The van der Waals surface area contributed by atoms with E-state index in [9.17, 15) is 5.11 Å². The second kappa shape index (κ2) is 4.27. The Labute approximate surface area is 76.2 Å². The van der Waals surface area contributed by atoms with E-state index in [0.29, 0.717) is 5.41 Å². The fraction of sp³-hybridized carbons (Fsp3) is 1.00. The smallest absolute Gasteiger partial charge is 0.0596 e. The van der Waals surface area contributed by atoms with Crippen LogP contribution in [0.5, 0.6) is 0 Å². The van der Waals surface area contributed by atoms with E-state index < -0.39 is 0 Å². The molecule has 1 atom stereocenters. The Hall–Kier alpha value is -0.0400. The molecule has 0 saturated heterocycles. The molecule has 0 aliphatic heterocycles. The average Bonchev–Trinajstić information content (AvgIpc) is 2.00. The van der Waals surface area contributed by atoms with Crippen LogP contribution in [0.4, 0.5) is 0 Å². The number of aliphatic hydroxyl groups is 1. The lowest BCUT2D eigenvalue weighted by Crippen LogP contribution is -2.40. The third-order valence-electron chi connectivity index (χ3n) is 3.59. The molecule has 1 aliphatic carbocycles. The molecular weight excluding hydrogens is 148 g/mol. The van der Waals surface area contributed by atoms with Gasteiger partial charge in [-0.25, -0.2) is 0 Å². The van der Waals surface area contributed by atoms with Crippen molar-refractivity contribution in [3.63, 3.8) is 0 Å². The number of unbranched alkanes of at least 4 members (excludes halogenated alkanes) is 1. The van der Waals surface area contributed by atoms with Gasteiger partial charge in [0.1, 0.15) is 0 Å². The number of hydrogen-bond acceptors (Lipinski definition) is 1. The van der Waals surface area contributed by atoms with Crippen LogP contribution in [0.25, 0.3) is 0 Å². The molecule has 0 spiro atoms.